The Morgan fingerprint density at radius 3 is 2.85 bits per heavy atom. The van der Waals surface area contributed by atoms with Crippen molar-refractivity contribution in [2.24, 2.45) is 0 Å². The lowest BCUT2D eigenvalue weighted by Crippen LogP contribution is -2.50. The third-order valence-corrected chi connectivity index (χ3v) is 3.82. The van der Waals surface area contributed by atoms with Gasteiger partial charge in [-0.25, -0.2) is 0 Å². The maximum atomic E-state index is 12.0. The van der Waals surface area contributed by atoms with Crippen molar-refractivity contribution in [1.82, 2.24) is 10.2 Å². The van der Waals surface area contributed by atoms with Gasteiger partial charge >= 0.3 is 5.97 Å². The Morgan fingerprint density at radius 2 is 2.25 bits per heavy atom. The van der Waals surface area contributed by atoms with Crippen LogP contribution in [0.2, 0.25) is 0 Å². The standard InChI is InChI=1S/C15H28N2O3/c1-4-19-14(18)13(16-12-5-6-12)7-8-17-9-10-20-15(2,3)11-17/h12-13,16H,4-11H2,1-3H3. The summed E-state index contributed by atoms with van der Waals surface area (Å²) in [5.41, 5.74) is -0.0818. The van der Waals surface area contributed by atoms with Crippen LogP contribution in [-0.4, -0.2) is 61.4 Å². The molecule has 1 aliphatic carbocycles. The Bertz CT molecular complexity index is 329. The fraction of sp³-hybridized carbons (Fsp3) is 0.933. The van der Waals surface area contributed by atoms with Crippen molar-refractivity contribution in [2.75, 3.05) is 32.8 Å². The predicted molar refractivity (Wildman–Crippen MR) is 77.7 cm³/mol. The van der Waals surface area contributed by atoms with Crippen LogP contribution in [0.25, 0.3) is 0 Å². The maximum absolute atomic E-state index is 12.0. The van der Waals surface area contributed by atoms with Gasteiger partial charge in [-0.1, -0.05) is 0 Å². The van der Waals surface area contributed by atoms with Gasteiger partial charge in [0, 0.05) is 25.7 Å². The molecule has 2 rings (SSSR count). The van der Waals surface area contributed by atoms with Gasteiger partial charge in [0.15, 0.2) is 0 Å². The van der Waals surface area contributed by atoms with Crippen LogP contribution in [0.1, 0.15) is 40.0 Å². The second-order valence-corrected chi connectivity index (χ2v) is 6.42. The van der Waals surface area contributed by atoms with Crippen LogP contribution in [0.4, 0.5) is 0 Å². The summed E-state index contributed by atoms with van der Waals surface area (Å²) in [7, 11) is 0. The zero-order valence-corrected chi connectivity index (χ0v) is 13.0. The van der Waals surface area contributed by atoms with E-state index in [2.05, 4.69) is 24.1 Å². The van der Waals surface area contributed by atoms with Crippen molar-refractivity contribution in [3.8, 4) is 0 Å². The highest BCUT2D eigenvalue weighted by Gasteiger charge is 2.31. The number of morpholine rings is 1. The summed E-state index contributed by atoms with van der Waals surface area (Å²) in [6.45, 7) is 10.1. The van der Waals surface area contributed by atoms with E-state index in [1.807, 2.05) is 6.92 Å². The van der Waals surface area contributed by atoms with Crippen molar-refractivity contribution >= 4 is 5.97 Å². The molecule has 0 bridgehead atoms. The summed E-state index contributed by atoms with van der Waals surface area (Å²) >= 11 is 0. The molecular weight excluding hydrogens is 256 g/mol. The Labute approximate surface area is 122 Å². The van der Waals surface area contributed by atoms with E-state index >= 15 is 0 Å². The van der Waals surface area contributed by atoms with E-state index in [0.717, 1.165) is 32.7 Å². The van der Waals surface area contributed by atoms with Gasteiger partial charge in [0.05, 0.1) is 18.8 Å². The number of hydrogen-bond donors (Lipinski definition) is 1. The molecule has 1 heterocycles. The summed E-state index contributed by atoms with van der Waals surface area (Å²) in [6, 6.07) is 0.360. The molecule has 5 heteroatoms. The highest BCUT2D eigenvalue weighted by Crippen LogP contribution is 2.21. The first-order valence-electron chi connectivity index (χ1n) is 7.79. The summed E-state index contributed by atoms with van der Waals surface area (Å²) in [4.78, 5) is 14.4. The second-order valence-electron chi connectivity index (χ2n) is 6.42. The minimum atomic E-state index is -0.159. The van der Waals surface area contributed by atoms with Crippen LogP contribution >= 0.6 is 0 Å². The van der Waals surface area contributed by atoms with Crippen molar-refractivity contribution in [3.63, 3.8) is 0 Å². The zero-order chi connectivity index (χ0) is 14.6. The molecule has 0 spiro atoms. The van der Waals surface area contributed by atoms with E-state index in [1.165, 1.54) is 12.8 Å². The van der Waals surface area contributed by atoms with Crippen molar-refractivity contribution in [3.05, 3.63) is 0 Å². The Kier molecular flexibility index (Phi) is 5.41. The van der Waals surface area contributed by atoms with Crippen LogP contribution in [0.15, 0.2) is 0 Å². The van der Waals surface area contributed by atoms with E-state index < -0.39 is 0 Å². The van der Waals surface area contributed by atoms with Crippen LogP contribution in [0, 0.1) is 0 Å². The molecule has 1 saturated carbocycles. The average Bonchev–Trinajstić information content (AvgIpc) is 3.17. The molecule has 0 radical (unpaired) electrons. The molecular formula is C15H28N2O3. The molecule has 0 aromatic heterocycles. The van der Waals surface area contributed by atoms with Crippen LogP contribution in [-0.2, 0) is 14.3 Å². The minimum Gasteiger partial charge on any atom is -0.465 e. The third kappa shape index (κ3) is 5.04. The first-order valence-corrected chi connectivity index (χ1v) is 7.79. The molecule has 2 aliphatic rings. The number of rotatable bonds is 7. The first-order chi connectivity index (χ1) is 9.50. The van der Waals surface area contributed by atoms with Crippen LogP contribution in [0.3, 0.4) is 0 Å². The lowest BCUT2D eigenvalue weighted by atomic mass is 10.1. The largest absolute Gasteiger partial charge is 0.465 e. The van der Waals surface area contributed by atoms with Gasteiger partial charge in [0.2, 0.25) is 0 Å². The molecule has 0 amide bonds. The van der Waals surface area contributed by atoms with Gasteiger partial charge in [-0.3, -0.25) is 9.69 Å². The number of esters is 1. The highest BCUT2D eigenvalue weighted by molar-refractivity contribution is 5.75. The van der Waals surface area contributed by atoms with E-state index in [0.29, 0.717) is 12.6 Å². The van der Waals surface area contributed by atoms with Gasteiger partial charge in [-0.05, 0) is 40.0 Å². The number of hydrogen-bond acceptors (Lipinski definition) is 5. The van der Waals surface area contributed by atoms with Crippen LogP contribution in [0.5, 0.6) is 0 Å². The molecule has 1 unspecified atom stereocenters. The van der Waals surface area contributed by atoms with Gasteiger partial charge in [0.25, 0.3) is 0 Å². The van der Waals surface area contributed by atoms with Gasteiger partial charge < -0.3 is 14.8 Å². The number of carbonyl (C=O) groups excluding carboxylic acids is 1. The maximum Gasteiger partial charge on any atom is 0.323 e. The SMILES string of the molecule is CCOC(=O)C(CCN1CCOC(C)(C)C1)NC1CC1. The Balaban J connectivity index is 1.79. The molecule has 20 heavy (non-hydrogen) atoms. The summed E-state index contributed by atoms with van der Waals surface area (Å²) in [6.07, 6.45) is 3.17. The molecule has 1 aliphatic heterocycles. The fourth-order valence-corrected chi connectivity index (χ4v) is 2.66. The van der Waals surface area contributed by atoms with E-state index in [1.54, 1.807) is 0 Å². The Morgan fingerprint density at radius 1 is 1.50 bits per heavy atom. The topological polar surface area (TPSA) is 50.8 Å². The monoisotopic (exact) mass is 284 g/mol. The van der Waals surface area contributed by atoms with Gasteiger partial charge in [0.1, 0.15) is 6.04 Å². The minimum absolute atomic E-state index is 0.0818. The quantitative estimate of drug-likeness (QED) is 0.711. The lowest BCUT2D eigenvalue weighted by molar-refractivity contribution is -0.146. The van der Waals surface area contributed by atoms with Crippen molar-refractivity contribution in [2.45, 2.75) is 57.7 Å². The summed E-state index contributed by atoms with van der Waals surface area (Å²) in [5, 5.41) is 3.40. The van der Waals surface area contributed by atoms with Crippen LogP contribution < -0.4 is 5.32 Å². The molecule has 5 nitrogen and oxygen atoms in total. The zero-order valence-electron chi connectivity index (χ0n) is 13.0. The number of nitrogens with zero attached hydrogens (tertiary/aromatic N) is 1. The Hall–Kier alpha value is -0.650. The average molecular weight is 284 g/mol. The van der Waals surface area contributed by atoms with E-state index in [4.69, 9.17) is 9.47 Å². The van der Waals surface area contributed by atoms with E-state index in [-0.39, 0.29) is 17.6 Å². The summed E-state index contributed by atoms with van der Waals surface area (Å²) in [5.74, 6) is -0.105. The fourth-order valence-electron chi connectivity index (χ4n) is 2.66. The first kappa shape index (κ1) is 15.7. The number of nitrogens with one attached hydrogen (secondary N) is 1. The number of ether oxygens (including phenoxy) is 2. The highest BCUT2D eigenvalue weighted by atomic mass is 16.5. The lowest BCUT2D eigenvalue weighted by Gasteiger charge is -2.38. The third-order valence-electron chi connectivity index (χ3n) is 3.82. The molecule has 0 aromatic carbocycles. The van der Waals surface area contributed by atoms with E-state index in [9.17, 15) is 4.79 Å². The molecule has 1 N–H and O–H groups in total. The number of carbonyl (C=O) groups is 1. The van der Waals surface area contributed by atoms with Crippen molar-refractivity contribution < 1.29 is 14.3 Å². The molecule has 1 atom stereocenters. The second kappa shape index (κ2) is 6.87. The molecule has 1 saturated heterocycles. The van der Waals surface area contributed by atoms with Gasteiger partial charge in [-0.2, -0.15) is 0 Å². The molecule has 116 valence electrons. The van der Waals surface area contributed by atoms with Gasteiger partial charge in [-0.15, -0.1) is 0 Å². The normalized spacial score (nSPS) is 24.4. The smallest absolute Gasteiger partial charge is 0.323 e. The predicted octanol–water partition coefficient (Wildman–Crippen LogP) is 1.17. The molecule has 0 aromatic rings. The summed E-state index contributed by atoms with van der Waals surface area (Å²) < 4.78 is 10.9. The molecule has 2 fully saturated rings. The van der Waals surface area contributed by atoms with Crippen molar-refractivity contribution in [1.29, 1.82) is 0 Å².